The van der Waals surface area contributed by atoms with Crippen molar-refractivity contribution in [1.29, 1.82) is 0 Å². The van der Waals surface area contributed by atoms with E-state index in [1.165, 1.54) is 26.1 Å². The minimum atomic E-state index is 0.880. The van der Waals surface area contributed by atoms with Gasteiger partial charge >= 0.3 is 0 Å². The van der Waals surface area contributed by atoms with Crippen molar-refractivity contribution in [3.8, 4) is 0 Å². The highest BCUT2D eigenvalue weighted by molar-refractivity contribution is 4.81. The first-order chi connectivity index (χ1) is 5.74. The van der Waals surface area contributed by atoms with E-state index >= 15 is 0 Å². The van der Waals surface area contributed by atoms with Gasteiger partial charge in [-0.05, 0) is 38.4 Å². The quantitative estimate of drug-likeness (QED) is 0.623. The summed E-state index contributed by atoms with van der Waals surface area (Å²) in [6.45, 7) is 9.76. The second-order valence-electron chi connectivity index (χ2n) is 4.22. The van der Waals surface area contributed by atoms with E-state index in [0.29, 0.717) is 0 Å². The summed E-state index contributed by atoms with van der Waals surface area (Å²) < 4.78 is 0. The maximum absolute atomic E-state index is 3.18. The van der Waals surface area contributed by atoms with Crippen molar-refractivity contribution < 1.29 is 0 Å². The number of nitrogens with zero attached hydrogens (tertiary/aromatic N) is 1. The van der Waals surface area contributed by atoms with E-state index in [0.717, 1.165) is 18.4 Å². The van der Waals surface area contributed by atoms with Crippen molar-refractivity contribution in [3.63, 3.8) is 0 Å². The predicted octanol–water partition coefficient (Wildman–Crippen LogP) is 1.18. The van der Waals surface area contributed by atoms with Gasteiger partial charge in [0.2, 0.25) is 0 Å². The molecule has 0 spiro atoms. The van der Waals surface area contributed by atoms with Gasteiger partial charge in [0, 0.05) is 13.1 Å². The van der Waals surface area contributed by atoms with Crippen molar-refractivity contribution in [2.24, 2.45) is 11.8 Å². The molecule has 1 N–H and O–H groups in total. The lowest BCUT2D eigenvalue weighted by Crippen LogP contribution is -2.49. The molecule has 2 heteroatoms. The Morgan fingerprint density at radius 2 is 2.08 bits per heavy atom. The molecule has 0 saturated carbocycles. The van der Waals surface area contributed by atoms with E-state index < -0.39 is 0 Å². The fourth-order valence-corrected chi connectivity index (χ4v) is 1.69. The van der Waals surface area contributed by atoms with Crippen LogP contribution in [-0.4, -0.2) is 38.1 Å². The van der Waals surface area contributed by atoms with Crippen LogP contribution in [0.1, 0.15) is 20.3 Å². The van der Waals surface area contributed by atoms with Crippen molar-refractivity contribution >= 4 is 0 Å². The topological polar surface area (TPSA) is 15.3 Å². The molecule has 1 saturated heterocycles. The number of hydrogen-bond donors (Lipinski definition) is 1. The van der Waals surface area contributed by atoms with Gasteiger partial charge in [0.05, 0.1) is 0 Å². The standard InChI is InChI=1S/C10H22N2/c1-9(2)10-7-12(8-10)6-4-5-11-3/h9-11H,4-8H2,1-3H3. The fraction of sp³-hybridized carbons (Fsp3) is 1.00. The van der Waals surface area contributed by atoms with Gasteiger partial charge in [-0.15, -0.1) is 0 Å². The van der Waals surface area contributed by atoms with Gasteiger partial charge in [0.15, 0.2) is 0 Å². The van der Waals surface area contributed by atoms with Crippen LogP contribution in [0.2, 0.25) is 0 Å². The van der Waals surface area contributed by atoms with Gasteiger partial charge in [0.1, 0.15) is 0 Å². The Bertz CT molecular complexity index is 117. The van der Waals surface area contributed by atoms with Crippen LogP contribution in [0.4, 0.5) is 0 Å². The summed E-state index contributed by atoms with van der Waals surface area (Å²) >= 11 is 0. The van der Waals surface area contributed by atoms with Crippen molar-refractivity contribution in [2.75, 3.05) is 33.2 Å². The lowest BCUT2D eigenvalue weighted by Gasteiger charge is -2.41. The Hall–Kier alpha value is -0.0800. The zero-order valence-electron chi connectivity index (χ0n) is 8.64. The highest BCUT2D eigenvalue weighted by atomic mass is 15.2. The highest BCUT2D eigenvalue weighted by Gasteiger charge is 2.27. The molecule has 12 heavy (non-hydrogen) atoms. The largest absolute Gasteiger partial charge is 0.320 e. The highest BCUT2D eigenvalue weighted by Crippen LogP contribution is 2.22. The molecule has 1 aliphatic rings. The molecular formula is C10H22N2. The van der Waals surface area contributed by atoms with Gasteiger partial charge < -0.3 is 10.2 Å². The average Bonchev–Trinajstić information content (AvgIpc) is 1.93. The first-order valence-corrected chi connectivity index (χ1v) is 5.11. The Kier molecular flexibility index (Phi) is 4.02. The number of hydrogen-bond acceptors (Lipinski definition) is 2. The third-order valence-electron chi connectivity index (χ3n) is 2.83. The van der Waals surface area contributed by atoms with Crippen molar-refractivity contribution in [3.05, 3.63) is 0 Å². The molecule has 1 rings (SSSR count). The Balaban J connectivity index is 1.95. The monoisotopic (exact) mass is 170 g/mol. The number of rotatable bonds is 5. The SMILES string of the molecule is CNCCCN1CC(C(C)C)C1. The average molecular weight is 170 g/mol. The van der Waals surface area contributed by atoms with Gasteiger partial charge in [0.25, 0.3) is 0 Å². The lowest BCUT2D eigenvalue weighted by molar-refractivity contribution is 0.0679. The molecule has 1 fully saturated rings. The second-order valence-corrected chi connectivity index (χ2v) is 4.22. The molecule has 1 aliphatic heterocycles. The maximum Gasteiger partial charge on any atom is 0.00245 e. The molecule has 0 aromatic rings. The summed E-state index contributed by atoms with van der Waals surface area (Å²) in [5, 5.41) is 3.18. The summed E-state index contributed by atoms with van der Waals surface area (Å²) in [6.07, 6.45) is 1.29. The second kappa shape index (κ2) is 4.83. The molecule has 72 valence electrons. The Morgan fingerprint density at radius 1 is 1.42 bits per heavy atom. The van der Waals surface area contributed by atoms with Gasteiger partial charge in [-0.1, -0.05) is 13.8 Å². The van der Waals surface area contributed by atoms with Crippen molar-refractivity contribution in [2.45, 2.75) is 20.3 Å². The normalized spacial score (nSPS) is 20.0. The first kappa shape index (κ1) is 10.0. The summed E-state index contributed by atoms with van der Waals surface area (Å²) in [6, 6.07) is 0. The molecule has 1 heterocycles. The van der Waals surface area contributed by atoms with Crippen LogP contribution in [-0.2, 0) is 0 Å². The van der Waals surface area contributed by atoms with E-state index in [4.69, 9.17) is 0 Å². The molecule has 0 amide bonds. The van der Waals surface area contributed by atoms with Crippen LogP contribution < -0.4 is 5.32 Å². The number of likely N-dealkylation sites (tertiary alicyclic amines) is 1. The molecule has 0 unspecified atom stereocenters. The third kappa shape index (κ3) is 2.76. The number of nitrogens with one attached hydrogen (secondary N) is 1. The van der Waals surface area contributed by atoms with E-state index in [1.54, 1.807) is 0 Å². The van der Waals surface area contributed by atoms with Crippen LogP contribution in [0.3, 0.4) is 0 Å². The zero-order chi connectivity index (χ0) is 8.97. The van der Waals surface area contributed by atoms with E-state index in [2.05, 4.69) is 24.1 Å². The molecule has 0 aromatic carbocycles. The molecule has 0 atom stereocenters. The van der Waals surface area contributed by atoms with Crippen LogP contribution in [0, 0.1) is 11.8 Å². The third-order valence-corrected chi connectivity index (χ3v) is 2.83. The van der Waals surface area contributed by atoms with Crippen LogP contribution in [0.25, 0.3) is 0 Å². The summed E-state index contributed by atoms with van der Waals surface area (Å²) in [5.41, 5.74) is 0. The van der Waals surface area contributed by atoms with Crippen LogP contribution in [0.15, 0.2) is 0 Å². The predicted molar refractivity (Wildman–Crippen MR) is 53.3 cm³/mol. The van der Waals surface area contributed by atoms with Gasteiger partial charge in [-0.3, -0.25) is 0 Å². The Labute approximate surface area is 76.3 Å². The van der Waals surface area contributed by atoms with Crippen molar-refractivity contribution in [1.82, 2.24) is 10.2 Å². The first-order valence-electron chi connectivity index (χ1n) is 5.11. The minimum absolute atomic E-state index is 0.880. The van der Waals surface area contributed by atoms with Crippen LogP contribution in [0.5, 0.6) is 0 Å². The lowest BCUT2D eigenvalue weighted by atomic mass is 9.88. The fourth-order valence-electron chi connectivity index (χ4n) is 1.69. The van der Waals surface area contributed by atoms with Crippen LogP contribution >= 0.6 is 0 Å². The smallest absolute Gasteiger partial charge is 0.00245 e. The molecular weight excluding hydrogens is 148 g/mol. The molecule has 2 nitrogen and oxygen atoms in total. The summed E-state index contributed by atoms with van der Waals surface area (Å²) in [4.78, 5) is 2.56. The van der Waals surface area contributed by atoms with Gasteiger partial charge in [-0.25, -0.2) is 0 Å². The Morgan fingerprint density at radius 3 is 2.58 bits per heavy atom. The molecule has 0 aromatic heterocycles. The molecule has 0 aliphatic carbocycles. The van der Waals surface area contributed by atoms with E-state index in [1.807, 2.05) is 7.05 Å². The molecule has 0 bridgehead atoms. The zero-order valence-corrected chi connectivity index (χ0v) is 8.64. The minimum Gasteiger partial charge on any atom is -0.320 e. The summed E-state index contributed by atoms with van der Waals surface area (Å²) in [5.74, 6) is 1.85. The van der Waals surface area contributed by atoms with E-state index in [-0.39, 0.29) is 0 Å². The van der Waals surface area contributed by atoms with E-state index in [9.17, 15) is 0 Å². The maximum atomic E-state index is 3.18. The molecule has 0 radical (unpaired) electrons. The summed E-state index contributed by atoms with van der Waals surface area (Å²) in [7, 11) is 2.02. The van der Waals surface area contributed by atoms with Gasteiger partial charge in [-0.2, -0.15) is 0 Å².